The molecular weight excluding hydrogens is 368 g/mol. The van der Waals surface area contributed by atoms with Gasteiger partial charge in [-0.1, -0.05) is 54.6 Å². The number of fused-ring (bicyclic) bond motifs is 5. The van der Waals surface area contributed by atoms with Crippen molar-refractivity contribution in [2.45, 2.75) is 18.4 Å². The first-order valence-corrected chi connectivity index (χ1v) is 9.47. The number of hydrogen-bond donors (Lipinski definition) is 1. The number of carboxylic acids is 1. The third-order valence-corrected chi connectivity index (χ3v) is 6.12. The highest BCUT2D eigenvalue weighted by atomic mass is 16.6. The molecule has 1 N–H and O–H groups in total. The van der Waals surface area contributed by atoms with Crippen LogP contribution in [0.2, 0.25) is 0 Å². The number of nitro groups is 1. The molecule has 0 bridgehead atoms. The number of carbonyl (C=O) groups excluding carboxylic acids is 1. The molecule has 0 radical (unpaired) electrons. The first-order chi connectivity index (χ1) is 14.0. The number of carbonyl (C=O) groups is 1. The van der Waals surface area contributed by atoms with Crippen LogP contribution in [0.3, 0.4) is 0 Å². The van der Waals surface area contributed by atoms with E-state index in [4.69, 9.17) is 0 Å². The summed E-state index contributed by atoms with van der Waals surface area (Å²) in [5.41, 5.74) is 5.07. The van der Waals surface area contributed by atoms with Crippen LogP contribution in [0.5, 0.6) is 0 Å². The maximum absolute atomic E-state index is 11.7. The second-order valence-electron chi connectivity index (χ2n) is 7.57. The van der Waals surface area contributed by atoms with Crippen molar-refractivity contribution in [1.82, 2.24) is 0 Å². The van der Waals surface area contributed by atoms with Crippen LogP contribution in [0.25, 0.3) is 0 Å². The molecule has 5 rings (SSSR count). The summed E-state index contributed by atoms with van der Waals surface area (Å²) in [5.74, 6) is -0.984. The Hall–Kier alpha value is -3.67. The number of nitro benzene ring substituents is 1. The van der Waals surface area contributed by atoms with Gasteiger partial charge in [-0.05, 0) is 34.6 Å². The average Bonchev–Trinajstić information content (AvgIpc) is 3.12. The Morgan fingerprint density at radius 2 is 1.69 bits per heavy atom. The topological polar surface area (TPSA) is 95.3 Å². The minimum absolute atomic E-state index is 0.0339. The molecule has 6 nitrogen and oxygen atoms in total. The van der Waals surface area contributed by atoms with Crippen molar-refractivity contribution in [3.8, 4) is 0 Å². The molecule has 1 aliphatic heterocycles. The van der Waals surface area contributed by atoms with Gasteiger partial charge in [0.2, 0.25) is 0 Å². The fourth-order valence-electron chi connectivity index (χ4n) is 4.89. The Labute approximate surface area is 167 Å². The van der Waals surface area contributed by atoms with Crippen molar-refractivity contribution >= 4 is 17.3 Å². The number of non-ortho nitro benzene ring substituents is 1. The third-order valence-electron chi connectivity index (χ3n) is 6.12. The number of aromatic carboxylic acids is 1. The van der Waals surface area contributed by atoms with Crippen molar-refractivity contribution in [3.05, 3.63) is 105 Å². The van der Waals surface area contributed by atoms with Crippen molar-refractivity contribution < 1.29 is 14.8 Å². The fraction of sp³-hybridized carbons (Fsp3) is 0.174. The van der Waals surface area contributed by atoms with Crippen molar-refractivity contribution in [2.75, 3.05) is 5.32 Å². The molecule has 144 valence electrons. The van der Waals surface area contributed by atoms with Crippen molar-refractivity contribution in [3.63, 3.8) is 0 Å². The lowest BCUT2D eigenvalue weighted by molar-refractivity contribution is -0.384. The molecule has 3 aromatic rings. The highest BCUT2D eigenvalue weighted by Crippen LogP contribution is 2.54. The lowest BCUT2D eigenvalue weighted by Crippen LogP contribution is -2.33. The van der Waals surface area contributed by atoms with Gasteiger partial charge in [-0.2, -0.15) is 0 Å². The average molecular weight is 385 g/mol. The number of anilines is 1. The van der Waals surface area contributed by atoms with E-state index in [9.17, 15) is 20.0 Å². The van der Waals surface area contributed by atoms with Gasteiger partial charge in [0.25, 0.3) is 5.69 Å². The smallest absolute Gasteiger partial charge is 0.269 e. The lowest BCUT2D eigenvalue weighted by atomic mass is 9.75. The van der Waals surface area contributed by atoms with Gasteiger partial charge >= 0.3 is 0 Å². The van der Waals surface area contributed by atoms with E-state index < -0.39 is 10.9 Å². The third kappa shape index (κ3) is 2.68. The van der Waals surface area contributed by atoms with E-state index in [1.54, 1.807) is 24.3 Å². The predicted octanol–water partition coefficient (Wildman–Crippen LogP) is 3.43. The van der Waals surface area contributed by atoms with E-state index in [-0.39, 0.29) is 29.1 Å². The van der Waals surface area contributed by atoms with E-state index >= 15 is 0 Å². The van der Waals surface area contributed by atoms with Crippen molar-refractivity contribution in [1.29, 1.82) is 0 Å². The summed E-state index contributed by atoms with van der Waals surface area (Å²) in [6.07, 6.45) is 0.852. The quantitative estimate of drug-likeness (QED) is 0.550. The summed E-state index contributed by atoms with van der Waals surface area (Å²) >= 11 is 0. The van der Waals surface area contributed by atoms with Gasteiger partial charge in [0.05, 0.1) is 16.9 Å². The monoisotopic (exact) mass is 385 g/mol. The zero-order valence-electron chi connectivity index (χ0n) is 15.4. The highest BCUT2D eigenvalue weighted by molar-refractivity contribution is 5.94. The Balaban J connectivity index is 1.67. The van der Waals surface area contributed by atoms with Crippen LogP contribution in [0.15, 0.2) is 66.7 Å². The molecule has 3 aromatic carbocycles. The summed E-state index contributed by atoms with van der Waals surface area (Å²) in [7, 11) is 0. The van der Waals surface area contributed by atoms with Gasteiger partial charge in [-0.3, -0.25) is 10.1 Å². The standard InChI is InChI=1S/C23H18N2O4/c26-23(27)18-7-3-6-17-20-16-5-2-1-4-14(16)12-19(20)21(24-22(17)18)13-8-10-15(11-9-13)25(28)29/h1-11,19-21,24H,12H2,(H,26,27)/p-1/t19-,20+,21+/m0/s1. The zero-order chi connectivity index (χ0) is 20.1. The number of benzene rings is 3. The normalized spacial score (nSPS) is 21.4. The summed E-state index contributed by atoms with van der Waals surface area (Å²) in [4.78, 5) is 22.3. The number of nitrogens with one attached hydrogen (secondary N) is 1. The first-order valence-electron chi connectivity index (χ1n) is 9.47. The first kappa shape index (κ1) is 17.4. The van der Waals surface area contributed by atoms with Crippen LogP contribution < -0.4 is 10.4 Å². The maximum atomic E-state index is 11.7. The second kappa shape index (κ2) is 6.44. The lowest BCUT2D eigenvalue weighted by Gasteiger charge is -2.39. The maximum Gasteiger partial charge on any atom is 0.269 e. The van der Waals surface area contributed by atoms with Crippen molar-refractivity contribution in [2.24, 2.45) is 5.92 Å². The number of nitrogens with zero attached hydrogens (tertiary/aromatic N) is 1. The molecule has 0 saturated heterocycles. The minimum Gasteiger partial charge on any atom is -0.545 e. The van der Waals surface area contributed by atoms with Gasteiger partial charge in [0.1, 0.15) is 0 Å². The molecular formula is C23H17N2O4-. The Morgan fingerprint density at radius 3 is 2.41 bits per heavy atom. The molecule has 6 heteroatoms. The summed E-state index contributed by atoms with van der Waals surface area (Å²) in [6.45, 7) is 0. The Bertz CT molecular complexity index is 1140. The Morgan fingerprint density at radius 1 is 0.966 bits per heavy atom. The number of hydrogen-bond acceptors (Lipinski definition) is 5. The fourth-order valence-corrected chi connectivity index (χ4v) is 4.89. The molecule has 0 unspecified atom stereocenters. The molecule has 0 fully saturated rings. The molecule has 0 spiro atoms. The molecule has 2 aliphatic rings. The van der Waals surface area contributed by atoms with Gasteiger partial charge in [-0.25, -0.2) is 0 Å². The summed E-state index contributed by atoms with van der Waals surface area (Å²) < 4.78 is 0. The van der Waals surface area contributed by atoms with E-state index in [2.05, 4.69) is 17.4 Å². The molecule has 3 atom stereocenters. The highest BCUT2D eigenvalue weighted by Gasteiger charge is 2.43. The molecule has 1 heterocycles. The van der Waals surface area contributed by atoms with E-state index in [0.717, 1.165) is 17.5 Å². The van der Waals surface area contributed by atoms with Crippen LogP contribution >= 0.6 is 0 Å². The minimum atomic E-state index is -1.22. The number of carboxylic acid groups (broad SMARTS) is 1. The SMILES string of the molecule is O=C([O-])c1cccc2c1N[C@H](c1ccc([N+](=O)[O-])cc1)[C@H]1Cc3ccccc3[C@H]21. The number of rotatable bonds is 3. The molecule has 0 amide bonds. The van der Waals surface area contributed by atoms with Crippen LogP contribution in [0.4, 0.5) is 11.4 Å². The van der Waals surface area contributed by atoms with Gasteiger partial charge in [0, 0.05) is 29.3 Å². The van der Waals surface area contributed by atoms with E-state index in [1.165, 1.54) is 23.3 Å². The van der Waals surface area contributed by atoms with Crippen LogP contribution in [0.1, 0.15) is 44.6 Å². The largest absolute Gasteiger partial charge is 0.545 e. The van der Waals surface area contributed by atoms with Crippen LogP contribution in [-0.2, 0) is 6.42 Å². The predicted molar refractivity (Wildman–Crippen MR) is 106 cm³/mol. The van der Waals surface area contributed by atoms with E-state index in [1.807, 2.05) is 18.2 Å². The van der Waals surface area contributed by atoms with Gasteiger partial charge < -0.3 is 15.2 Å². The summed E-state index contributed by atoms with van der Waals surface area (Å²) in [6, 6.07) is 19.9. The van der Waals surface area contributed by atoms with Crippen LogP contribution in [0, 0.1) is 16.0 Å². The molecule has 1 aliphatic carbocycles. The molecule has 0 aromatic heterocycles. The second-order valence-corrected chi connectivity index (χ2v) is 7.57. The van der Waals surface area contributed by atoms with Crippen LogP contribution in [-0.4, -0.2) is 10.9 Å². The Kier molecular flexibility index (Phi) is 3.87. The van der Waals surface area contributed by atoms with Gasteiger partial charge in [0.15, 0.2) is 0 Å². The molecule has 0 saturated carbocycles. The van der Waals surface area contributed by atoms with Gasteiger partial charge in [-0.15, -0.1) is 0 Å². The number of para-hydroxylation sites is 1. The van der Waals surface area contributed by atoms with E-state index in [0.29, 0.717) is 5.69 Å². The molecule has 29 heavy (non-hydrogen) atoms. The summed E-state index contributed by atoms with van der Waals surface area (Å²) in [5, 5.41) is 26.2. The zero-order valence-corrected chi connectivity index (χ0v) is 15.4.